The SMILES string of the molecule is COc1cc(P2(=O)CCN(C3CC3)CC2)ccc1[N+](=O)[O-]. The summed E-state index contributed by atoms with van der Waals surface area (Å²) in [5.41, 5.74) is -0.0792. The van der Waals surface area contributed by atoms with Gasteiger partial charge in [-0.25, -0.2) is 0 Å². The van der Waals surface area contributed by atoms with Crippen molar-refractivity contribution in [2.24, 2.45) is 0 Å². The van der Waals surface area contributed by atoms with Crippen molar-refractivity contribution in [2.45, 2.75) is 18.9 Å². The molecule has 0 aromatic heterocycles. The van der Waals surface area contributed by atoms with Crippen LogP contribution in [0.3, 0.4) is 0 Å². The third-order valence-corrected chi connectivity index (χ3v) is 7.45. The fraction of sp³-hybridized carbons (Fsp3) is 0.571. The zero-order valence-electron chi connectivity index (χ0n) is 12.0. The number of ether oxygens (including phenoxy) is 1. The summed E-state index contributed by atoms with van der Waals surface area (Å²) >= 11 is 0. The second kappa shape index (κ2) is 5.43. The highest BCUT2D eigenvalue weighted by Gasteiger charge is 2.37. The Bertz CT molecular complexity index is 603. The molecule has 114 valence electrons. The van der Waals surface area contributed by atoms with Crippen LogP contribution in [0.4, 0.5) is 5.69 Å². The van der Waals surface area contributed by atoms with E-state index < -0.39 is 12.1 Å². The minimum atomic E-state index is -2.45. The standard InChI is InChI=1S/C14H19N2O4P/c1-20-14-10-12(4-5-13(14)16(17)18)21(19)8-6-15(7-9-21)11-2-3-11/h4-5,10-11H,2-3,6-9H2,1H3. The number of nitro benzene ring substituents is 1. The molecular weight excluding hydrogens is 291 g/mol. The normalized spacial score (nSPS) is 22.0. The van der Waals surface area contributed by atoms with E-state index in [2.05, 4.69) is 4.90 Å². The van der Waals surface area contributed by atoms with Gasteiger partial charge in [0.2, 0.25) is 0 Å². The lowest BCUT2D eigenvalue weighted by atomic mass is 10.3. The van der Waals surface area contributed by atoms with Crippen molar-refractivity contribution in [2.75, 3.05) is 32.5 Å². The predicted molar refractivity (Wildman–Crippen MR) is 81.2 cm³/mol. The molecule has 1 heterocycles. The molecule has 1 aromatic rings. The van der Waals surface area contributed by atoms with Gasteiger partial charge in [-0.3, -0.25) is 15.0 Å². The first-order valence-corrected chi connectivity index (χ1v) is 9.26. The molecule has 0 spiro atoms. The van der Waals surface area contributed by atoms with E-state index in [1.807, 2.05) is 0 Å². The van der Waals surface area contributed by atoms with Crippen LogP contribution in [-0.2, 0) is 4.57 Å². The van der Waals surface area contributed by atoms with E-state index in [0.29, 0.717) is 23.7 Å². The lowest BCUT2D eigenvalue weighted by molar-refractivity contribution is -0.385. The third kappa shape index (κ3) is 2.83. The first-order valence-electron chi connectivity index (χ1n) is 7.18. The van der Waals surface area contributed by atoms with E-state index in [0.717, 1.165) is 13.1 Å². The summed E-state index contributed by atoms with van der Waals surface area (Å²) < 4.78 is 18.2. The summed E-state index contributed by atoms with van der Waals surface area (Å²) in [6, 6.07) is 5.33. The summed E-state index contributed by atoms with van der Waals surface area (Å²) in [5.74, 6) is 0.192. The summed E-state index contributed by atoms with van der Waals surface area (Å²) in [7, 11) is -1.05. The Balaban J connectivity index is 1.82. The van der Waals surface area contributed by atoms with Gasteiger partial charge in [0.25, 0.3) is 0 Å². The van der Waals surface area contributed by atoms with Crippen molar-refractivity contribution in [1.29, 1.82) is 0 Å². The summed E-state index contributed by atoms with van der Waals surface area (Å²) in [5, 5.41) is 11.6. The van der Waals surface area contributed by atoms with Crippen LogP contribution in [0.25, 0.3) is 0 Å². The molecule has 1 aromatic carbocycles. The summed E-state index contributed by atoms with van der Waals surface area (Å²) in [6.45, 7) is 1.72. The zero-order valence-corrected chi connectivity index (χ0v) is 12.9. The van der Waals surface area contributed by atoms with Gasteiger partial charge in [-0.05, 0) is 25.0 Å². The molecule has 0 N–H and O–H groups in total. The lowest BCUT2D eigenvalue weighted by Gasteiger charge is -2.32. The van der Waals surface area contributed by atoms with Gasteiger partial charge < -0.3 is 9.30 Å². The number of nitrogens with zero attached hydrogens (tertiary/aromatic N) is 2. The highest BCUT2D eigenvalue weighted by atomic mass is 31.2. The molecule has 21 heavy (non-hydrogen) atoms. The van der Waals surface area contributed by atoms with Crippen molar-refractivity contribution < 1.29 is 14.2 Å². The van der Waals surface area contributed by atoms with Crippen molar-refractivity contribution in [3.63, 3.8) is 0 Å². The molecule has 0 radical (unpaired) electrons. The van der Waals surface area contributed by atoms with Crippen LogP contribution in [-0.4, -0.2) is 48.4 Å². The number of benzene rings is 1. The molecule has 1 aliphatic carbocycles. The monoisotopic (exact) mass is 310 g/mol. The number of rotatable bonds is 4. The van der Waals surface area contributed by atoms with Gasteiger partial charge in [-0.2, -0.15) is 0 Å². The van der Waals surface area contributed by atoms with E-state index in [1.54, 1.807) is 12.1 Å². The van der Waals surface area contributed by atoms with E-state index in [9.17, 15) is 14.7 Å². The molecule has 6 nitrogen and oxygen atoms in total. The quantitative estimate of drug-likeness (QED) is 0.483. The maximum atomic E-state index is 13.1. The molecule has 1 saturated carbocycles. The minimum Gasteiger partial charge on any atom is -0.490 e. The van der Waals surface area contributed by atoms with Crippen LogP contribution in [0, 0.1) is 10.1 Å². The molecule has 0 unspecified atom stereocenters. The zero-order chi connectivity index (χ0) is 15.0. The maximum absolute atomic E-state index is 13.1. The highest BCUT2D eigenvalue weighted by molar-refractivity contribution is 7.71. The van der Waals surface area contributed by atoms with Crippen molar-refractivity contribution in [3.8, 4) is 5.75 Å². The van der Waals surface area contributed by atoms with Gasteiger partial charge >= 0.3 is 5.69 Å². The van der Waals surface area contributed by atoms with Crippen LogP contribution in [0.2, 0.25) is 0 Å². The molecule has 1 saturated heterocycles. The Morgan fingerprint density at radius 1 is 1.33 bits per heavy atom. The van der Waals surface area contributed by atoms with E-state index in [1.165, 1.54) is 26.0 Å². The third-order valence-electron chi connectivity index (χ3n) is 4.39. The number of hydrogen-bond donors (Lipinski definition) is 0. The van der Waals surface area contributed by atoms with Crippen molar-refractivity contribution >= 4 is 18.1 Å². The minimum absolute atomic E-state index is 0.0792. The molecule has 2 fully saturated rings. The highest BCUT2D eigenvalue weighted by Crippen LogP contribution is 2.48. The van der Waals surface area contributed by atoms with Gasteiger partial charge in [-0.1, -0.05) is 0 Å². The van der Waals surface area contributed by atoms with Crippen LogP contribution < -0.4 is 10.0 Å². The topological polar surface area (TPSA) is 72.7 Å². The molecule has 0 amide bonds. The molecule has 3 rings (SSSR count). The Morgan fingerprint density at radius 2 is 2.00 bits per heavy atom. The van der Waals surface area contributed by atoms with Crippen molar-refractivity contribution in [1.82, 2.24) is 4.90 Å². The second-order valence-corrected chi connectivity index (χ2v) is 8.91. The summed E-state index contributed by atoms with van der Waals surface area (Å²) in [6.07, 6.45) is 3.83. The molecule has 0 atom stereocenters. The molecule has 1 aliphatic heterocycles. The van der Waals surface area contributed by atoms with E-state index >= 15 is 0 Å². The van der Waals surface area contributed by atoms with Crippen molar-refractivity contribution in [3.05, 3.63) is 28.3 Å². The Morgan fingerprint density at radius 3 is 2.52 bits per heavy atom. The molecular formula is C14H19N2O4P. The maximum Gasteiger partial charge on any atom is 0.310 e. The lowest BCUT2D eigenvalue weighted by Crippen LogP contribution is -2.38. The smallest absolute Gasteiger partial charge is 0.310 e. The van der Waals surface area contributed by atoms with Gasteiger partial charge in [0.1, 0.15) is 7.14 Å². The fourth-order valence-corrected chi connectivity index (χ4v) is 5.54. The molecule has 7 heteroatoms. The predicted octanol–water partition coefficient (Wildman–Crippen LogP) is 2.07. The average molecular weight is 310 g/mol. The van der Waals surface area contributed by atoms with E-state index in [4.69, 9.17) is 4.74 Å². The molecule has 0 bridgehead atoms. The fourth-order valence-electron chi connectivity index (χ4n) is 2.94. The first-order chi connectivity index (χ1) is 10.0. The van der Waals surface area contributed by atoms with Gasteiger partial charge in [-0.15, -0.1) is 0 Å². The van der Waals surface area contributed by atoms with Gasteiger partial charge in [0, 0.05) is 42.8 Å². The molecule has 2 aliphatic rings. The average Bonchev–Trinajstić information content (AvgIpc) is 3.32. The van der Waals surface area contributed by atoms with Gasteiger partial charge in [0.15, 0.2) is 5.75 Å². The second-order valence-electron chi connectivity index (χ2n) is 5.72. The number of methoxy groups -OCH3 is 1. The van der Waals surface area contributed by atoms with E-state index in [-0.39, 0.29) is 11.4 Å². The largest absolute Gasteiger partial charge is 0.490 e. The Kier molecular flexibility index (Phi) is 3.76. The van der Waals surface area contributed by atoms with Crippen LogP contribution in [0.15, 0.2) is 18.2 Å². The number of hydrogen-bond acceptors (Lipinski definition) is 5. The van der Waals surface area contributed by atoms with Crippen LogP contribution in [0.1, 0.15) is 12.8 Å². The first kappa shape index (κ1) is 14.5. The van der Waals surface area contributed by atoms with Crippen LogP contribution >= 0.6 is 7.14 Å². The Hall–Kier alpha value is -1.39. The number of nitro groups is 1. The summed E-state index contributed by atoms with van der Waals surface area (Å²) in [4.78, 5) is 12.9. The van der Waals surface area contributed by atoms with Gasteiger partial charge in [0.05, 0.1) is 12.0 Å². The Labute approximate surface area is 123 Å². The van der Waals surface area contributed by atoms with Crippen LogP contribution in [0.5, 0.6) is 5.75 Å².